The molecule has 1 unspecified atom stereocenters. The zero-order valence-electron chi connectivity index (χ0n) is 16.2. The van der Waals surface area contributed by atoms with Crippen molar-refractivity contribution in [2.45, 2.75) is 50.9 Å². The minimum Gasteiger partial charge on any atom is -0.385 e. The molecule has 2 aliphatic rings. The largest absolute Gasteiger partial charge is 0.385 e. The number of ether oxygens (including phenoxy) is 1. The van der Waals surface area contributed by atoms with E-state index in [1.165, 1.54) is 49.7 Å². The van der Waals surface area contributed by atoms with Crippen LogP contribution in [0, 0.1) is 5.41 Å². The van der Waals surface area contributed by atoms with Gasteiger partial charge in [-0.2, -0.15) is 0 Å². The lowest BCUT2D eigenvalue weighted by atomic mass is 9.67. The Kier molecular flexibility index (Phi) is 8.67. The summed E-state index contributed by atoms with van der Waals surface area (Å²) in [5.41, 5.74) is 3.45. The van der Waals surface area contributed by atoms with Crippen LogP contribution in [0.2, 0.25) is 0 Å². The van der Waals surface area contributed by atoms with Gasteiger partial charge in [-0.1, -0.05) is 30.7 Å². The van der Waals surface area contributed by atoms with E-state index in [1.807, 2.05) is 7.05 Å². The van der Waals surface area contributed by atoms with Crippen LogP contribution < -0.4 is 10.6 Å². The molecule has 0 heterocycles. The Morgan fingerprint density at radius 1 is 1.23 bits per heavy atom. The number of nitrogens with zero attached hydrogens (tertiary/aromatic N) is 1. The molecule has 1 saturated carbocycles. The van der Waals surface area contributed by atoms with E-state index in [-0.39, 0.29) is 24.0 Å². The number of benzene rings is 1. The highest BCUT2D eigenvalue weighted by atomic mass is 127. The molecule has 2 N–H and O–H groups in total. The molecule has 0 spiro atoms. The molecule has 1 fully saturated rings. The van der Waals surface area contributed by atoms with E-state index >= 15 is 0 Å². The third-order valence-electron chi connectivity index (χ3n) is 6.11. The molecule has 2 aliphatic carbocycles. The molecule has 0 amide bonds. The normalized spacial score (nSPS) is 21.2. The topological polar surface area (TPSA) is 45.7 Å². The fourth-order valence-electron chi connectivity index (χ4n) is 4.29. The lowest BCUT2D eigenvalue weighted by Crippen LogP contribution is -2.47. The molecule has 0 aromatic heterocycles. The summed E-state index contributed by atoms with van der Waals surface area (Å²) < 4.78 is 5.29. The summed E-state index contributed by atoms with van der Waals surface area (Å²) >= 11 is 0. The molecule has 1 aromatic rings. The van der Waals surface area contributed by atoms with Gasteiger partial charge in [-0.15, -0.1) is 24.0 Å². The fourth-order valence-corrected chi connectivity index (χ4v) is 4.29. The third kappa shape index (κ3) is 5.35. The summed E-state index contributed by atoms with van der Waals surface area (Å²) in [6, 6.07) is 8.91. The van der Waals surface area contributed by atoms with Crippen LogP contribution in [0.15, 0.2) is 29.3 Å². The van der Waals surface area contributed by atoms with Gasteiger partial charge >= 0.3 is 0 Å². The number of hydrogen-bond acceptors (Lipinski definition) is 2. The number of aliphatic imine (C=N–C) groups is 1. The summed E-state index contributed by atoms with van der Waals surface area (Å²) in [6.45, 7) is 2.81. The van der Waals surface area contributed by atoms with Gasteiger partial charge in [0.25, 0.3) is 0 Å². The Bertz CT molecular complexity index is 586. The molecule has 26 heavy (non-hydrogen) atoms. The summed E-state index contributed by atoms with van der Waals surface area (Å²) in [6.07, 6.45) is 8.86. The minimum atomic E-state index is 0. The standard InChI is InChI=1S/C21H33N3O.HI/c1-22-20(24-16-21(11-6-12-21)13-14-25-2)23-15-18-9-5-8-17-7-3-4-10-19(17)18;/h3-4,7,10,18H,5-6,8-9,11-16H2,1-2H3,(H2,22,23,24);1H. The van der Waals surface area contributed by atoms with Crippen LogP contribution in [0.4, 0.5) is 0 Å². The monoisotopic (exact) mass is 471 g/mol. The van der Waals surface area contributed by atoms with Gasteiger partial charge in [0, 0.05) is 39.8 Å². The van der Waals surface area contributed by atoms with Gasteiger partial charge in [0.05, 0.1) is 0 Å². The van der Waals surface area contributed by atoms with E-state index < -0.39 is 0 Å². The van der Waals surface area contributed by atoms with Gasteiger partial charge < -0.3 is 15.4 Å². The zero-order valence-corrected chi connectivity index (χ0v) is 18.6. The second-order valence-corrected chi connectivity index (χ2v) is 7.69. The first-order chi connectivity index (χ1) is 12.3. The average molecular weight is 471 g/mol. The van der Waals surface area contributed by atoms with Crippen LogP contribution in [0.3, 0.4) is 0 Å². The maximum atomic E-state index is 5.29. The molecule has 146 valence electrons. The van der Waals surface area contributed by atoms with Gasteiger partial charge in [0.2, 0.25) is 0 Å². The molecule has 4 nitrogen and oxygen atoms in total. The van der Waals surface area contributed by atoms with Crippen LogP contribution >= 0.6 is 24.0 Å². The van der Waals surface area contributed by atoms with Crippen molar-refractivity contribution in [3.05, 3.63) is 35.4 Å². The Morgan fingerprint density at radius 3 is 2.73 bits per heavy atom. The maximum absolute atomic E-state index is 5.29. The zero-order chi connectivity index (χ0) is 17.5. The first-order valence-corrected chi connectivity index (χ1v) is 9.78. The van der Waals surface area contributed by atoms with Gasteiger partial charge in [-0.3, -0.25) is 4.99 Å². The van der Waals surface area contributed by atoms with Crippen molar-refractivity contribution in [3.8, 4) is 0 Å². The summed E-state index contributed by atoms with van der Waals surface area (Å²) in [5.74, 6) is 1.53. The van der Waals surface area contributed by atoms with Crippen molar-refractivity contribution in [3.63, 3.8) is 0 Å². The number of rotatable bonds is 7. The smallest absolute Gasteiger partial charge is 0.191 e. The van der Waals surface area contributed by atoms with E-state index in [0.29, 0.717) is 11.3 Å². The Hall–Kier alpha value is -0.820. The molecule has 5 heteroatoms. The number of methoxy groups -OCH3 is 1. The van der Waals surface area contributed by atoms with E-state index in [1.54, 1.807) is 7.11 Å². The first-order valence-electron chi connectivity index (χ1n) is 9.78. The Morgan fingerprint density at radius 2 is 2.04 bits per heavy atom. The van der Waals surface area contributed by atoms with Crippen LogP contribution in [-0.2, 0) is 11.2 Å². The fraction of sp³-hybridized carbons (Fsp3) is 0.667. The Balaban J connectivity index is 0.00000243. The van der Waals surface area contributed by atoms with E-state index in [0.717, 1.165) is 32.1 Å². The quantitative estimate of drug-likeness (QED) is 0.358. The van der Waals surface area contributed by atoms with Crippen LogP contribution in [0.25, 0.3) is 0 Å². The molecule has 0 bridgehead atoms. The predicted molar refractivity (Wildman–Crippen MR) is 120 cm³/mol. The highest BCUT2D eigenvalue weighted by molar-refractivity contribution is 14.0. The Labute approximate surface area is 175 Å². The van der Waals surface area contributed by atoms with Gasteiger partial charge in [0.15, 0.2) is 5.96 Å². The number of guanidine groups is 1. The van der Waals surface area contributed by atoms with Crippen molar-refractivity contribution in [2.24, 2.45) is 10.4 Å². The van der Waals surface area contributed by atoms with E-state index in [2.05, 4.69) is 39.9 Å². The van der Waals surface area contributed by atoms with Gasteiger partial charge in [-0.25, -0.2) is 0 Å². The van der Waals surface area contributed by atoms with Crippen molar-refractivity contribution in [1.29, 1.82) is 0 Å². The lowest BCUT2D eigenvalue weighted by molar-refractivity contribution is 0.0732. The van der Waals surface area contributed by atoms with Crippen molar-refractivity contribution in [1.82, 2.24) is 10.6 Å². The molecular weight excluding hydrogens is 437 g/mol. The number of nitrogens with one attached hydrogen (secondary N) is 2. The van der Waals surface area contributed by atoms with Gasteiger partial charge in [0.1, 0.15) is 0 Å². The highest BCUT2D eigenvalue weighted by Gasteiger charge is 2.36. The SMILES string of the molecule is CN=C(NCC1CCCc2ccccc21)NCC1(CCOC)CCC1.I. The number of hydrogen-bond donors (Lipinski definition) is 2. The third-order valence-corrected chi connectivity index (χ3v) is 6.11. The lowest BCUT2D eigenvalue weighted by Gasteiger charge is -2.42. The number of halogens is 1. The maximum Gasteiger partial charge on any atom is 0.191 e. The molecule has 0 radical (unpaired) electrons. The molecular formula is C21H34IN3O. The second kappa shape index (κ2) is 10.5. The van der Waals surface area contributed by atoms with Crippen molar-refractivity contribution >= 4 is 29.9 Å². The van der Waals surface area contributed by atoms with E-state index in [4.69, 9.17) is 4.74 Å². The van der Waals surface area contributed by atoms with Crippen LogP contribution in [0.1, 0.15) is 55.6 Å². The van der Waals surface area contributed by atoms with E-state index in [9.17, 15) is 0 Å². The predicted octanol–water partition coefficient (Wildman–Crippen LogP) is 4.10. The van der Waals surface area contributed by atoms with Gasteiger partial charge in [-0.05, 0) is 55.1 Å². The van der Waals surface area contributed by atoms with Crippen molar-refractivity contribution < 1.29 is 4.74 Å². The minimum absolute atomic E-state index is 0. The highest BCUT2D eigenvalue weighted by Crippen LogP contribution is 2.43. The molecule has 0 saturated heterocycles. The second-order valence-electron chi connectivity index (χ2n) is 7.69. The molecule has 0 aliphatic heterocycles. The van der Waals surface area contributed by atoms with Crippen LogP contribution in [0.5, 0.6) is 0 Å². The summed E-state index contributed by atoms with van der Waals surface area (Å²) in [4.78, 5) is 4.43. The molecule has 1 aromatic carbocycles. The van der Waals surface area contributed by atoms with Crippen LogP contribution in [-0.4, -0.2) is 39.8 Å². The van der Waals surface area contributed by atoms with Crippen molar-refractivity contribution in [2.75, 3.05) is 33.9 Å². The summed E-state index contributed by atoms with van der Waals surface area (Å²) in [5, 5.41) is 7.13. The number of aryl methyl sites for hydroxylation is 1. The molecule has 1 atom stereocenters. The summed E-state index contributed by atoms with van der Waals surface area (Å²) in [7, 11) is 3.66. The first kappa shape index (κ1) is 21.5. The molecule has 3 rings (SSSR count). The number of fused-ring (bicyclic) bond motifs is 1. The average Bonchev–Trinajstić information content (AvgIpc) is 2.63.